The second-order valence-electron chi connectivity index (χ2n) is 3.63. The van der Waals surface area contributed by atoms with Crippen molar-refractivity contribution in [2.24, 2.45) is 0 Å². The molecule has 1 heteroatoms. The van der Waals surface area contributed by atoms with Gasteiger partial charge in [0.2, 0.25) is 0 Å². The largest absolute Gasteiger partial charge is 0.159 e. The summed E-state index contributed by atoms with van der Waals surface area (Å²) >= 11 is 2.05. The highest BCUT2D eigenvalue weighted by Gasteiger charge is 2.06. The molecule has 0 aromatic heterocycles. The highest BCUT2D eigenvalue weighted by Crippen LogP contribution is 2.20. The summed E-state index contributed by atoms with van der Waals surface area (Å²) in [7, 11) is 0. The summed E-state index contributed by atoms with van der Waals surface area (Å²) < 4.78 is 0. The Kier molecular flexibility index (Phi) is 6.26. The minimum Gasteiger partial charge on any atom is -0.159 e. The molecule has 15 heavy (non-hydrogen) atoms. The summed E-state index contributed by atoms with van der Waals surface area (Å²) in [6.45, 7) is 6.05. The Labute approximate surface area is 97.8 Å². The van der Waals surface area contributed by atoms with Gasteiger partial charge < -0.3 is 0 Å². The van der Waals surface area contributed by atoms with Gasteiger partial charge in [0.25, 0.3) is 0 Å². The topological polar surface area (TPSA) is 0 Å². The molecule has 0 fully saturated rings. The molecule has 0 aliphatic heterocycles. The number of rotatable bonds is 7. The minimum absolute atomic E-state index is 0.743. The molecule has 1 rings (SSSR count). The first-order valence-corrected chi connectivity index (χ1v) is 6.68. The fourth-order valence-electron chi connectivity index (χ4n) is 1.66. The van der Waals surface area contributed by atoms with Crippen molar-refractivity contribution in [3.05, 3.63) is 48.6 Å². The van der Waals surface area contributed by atoms with Gasteiger partial charge in [0.15, 0.2) is 0 Å². The average Bonchev–Trinajstić information content (AvgIpc) is 2.28. The zero-order valence-electron chi connectivity index (χ0n) is 9.49. The molecule has 0 saturated heterocycles. The Hall–Kier alpha value is -0.690. The number of benzene rings is 1. The summed E-state index contributed by atoms with van der Waals surface area (Å²) in [6.07, 6.45) is 5.62. The van der Waals surface area contributed by atoms with Gasteiger partial charge in [-0.3, -0.25) is 0 Å². The quantitative estimate of drug-likeness (QED) is 0.617. The normalized spacial score (nSPS) is 12.3. The van der Waals surface area contributed by atoms with Crippen molar-refractivity contribution >= 4 is 11.8 Å². The predicted molar refractivity (Wildman–Crippen MR) is 71.5 cm³/mol. The lowest BCUT2D eigenvalue weighted by Crippen LogP contribution is -2.03. The maximum Gasteiger partial charge on any atom is 0.00845 e. The maximum absolute atomic E-state index is 3.82. The molecule has 0 saturated carbocycles. The van der Waals surface area contributed by atoms with E-state index in [1.807, 2.05) is 17.8 Å². The van der Waals surface area contributed by atoms with Crippen LogP contribution in [-0.4, -0.2) is 11.0 Å². The van der Waals surface area contributed by atoms with Crippen LogP contribution in [0.5, 0.6) is 0 Å². The molecular weight excluding hydrogens is 200 g/mol. The number of allylic oxidation sites excluding steroid dienone is 1. The lowest BCUT2D eigenvalue weighted by atomic mass is 10.1. The van der Waals surface area contributed by atoms with Crippen molar-refractivity contribution < 1.29 is 0 Å². The van der Waals surface area contributed by atoms with Crippen LogP contribution in [0.15, 0.2) is 43.0 Å². The van der Waals surface area contributed by atoms with Gasteiger partial charge in [0.1, 0.15) is 0 Å². The summed E-state index contributed by atoms with van der Waals surface area (Å²) in [5.41, 5.74) is 1.45. The van der Waals surface area contributed by atoms with Gasteiger partial charge in [0, 0.05) is 5.25 Å². The third kappa shape index (κ3) is 5.08. The molecule has 1 unspecified atom stereocenters. The van der Waals surface area contributed by atoms with E-state index in [2.05, 4.69) is 43.8 Å². The van der Waals surface area contributed by atoms with Gasteiger partial charge in [-0.25, -0.2) is 0 Å². The van der Waals surface area contributed by atoms with Crippen molar-refractivity contribution in [3.8, 4) is 0 Å². The van der Waals surface area contributed by atoms with E-state index in [1.165, 1.54) is 24.2 Å². The fraction of sp³-hybridized carbons (Fsp3) is 0.429. The van der Waals surface area contributed by atoms with E-state index < -0.39 is 0 Å². The fourth-order valence-corrected chi connectivity index (χ4v) is 2.69. The van der Waals surface area contributed by atoms with Crippen molar-refractivity contribution in [1.29, 1.82) is 0 Å². The van der Waals surface area contributed by atoms with Crippen LogP contribution in [0, 0.1) is 0 Å². The number of thioether (sulfide) groups is 1. The molecule has 0 bridgehead atoms. The zero-order chi connectivity index (χ0) is 10.9. The van der Waals surface area contributed by atoms with Crippen LogP contribution in [0.25, 0.3) is 0 Å². The van der Waals surface area contributed by atoms with Crippen molar-refractivity contribution in [2.45, 2.75) is 31.4 Å². The van der Waals surface area contributed by atoms with E-state index in [4.69, 9.17) is 0 Å². The first kappa shape index (κ1) is 12.4. The standard InChI is InChI=1S/C14H20S/c1-3-8-14(15-4-2)12-11-13-9-6-5-7-10-13/h3,5-7,9-10,14H,1,4,8,11-12H2,2H3. The van der Waals surface area contributed by atoms with Crippen LogP contribution >= 0.6 is 11.8 Å². The third-order valence-electron chi connectivity index (χ3n) is 2.43. The van der Waals surface area contributed by atoms with E-state index >= 15 is 0 Å². The SMILES string of the molecule is C=CCC(CCc1ccccc1)SCC. The Morgan fingerprint density at radius 3 is 2.67 bits per heavy atom. The lowest BCUT2D eigenvalue weighted by Gasteiger charge is -2.13. The molecule has 1 atom stereocenters. The van der Waals surface area contributed by atoms with Crippen LogP contribution in [0.2, 0.25) is 0 Å². The molecular formula is C14H20S. The van der Waals surface area contributed by atoms with Gasteiger partial charge in [0.05, 0.1) is 0 Å². The van der Waals surface area contributed by atoms with Gasteiger partial charge in [-0.2, -0.15) is 11.8 Å². The van der Waals surface area contributed by atoms with E-state index in [-0.39, 0.29) is 0 Å². The number of hydrogen-bond acceptors (Lipinski definition) is 1. The molecule has 0 aliphatic rings. The predicted octanol–water partition coefficient (Wildman–Crippen LogP) is 4.32. The van der Waals surface area contributed by atoms with Crippen LogP contribution in [0.1, 0.15) is 25.3 Å². The Morgan fingerprint density at radius 2 is 2.07 bits per heavy atom. The second-order valence-corrected chi connectivity index (χ2v) is 5.20. The third-order valence-corrected chi connectivity index (χ3v) is 3.66. The lowest BCUT2D eigenvalue weighted by molar-refractivity contribution is 0.766. The zero-order valence-corrected chi connectivity index (χ0v) is 10.3. The molecule has 0 N–H and O–H groups in total. The van der Waals surface area contributed by atoms with Gasteiger partial charge in [-0.1, -0.05) is 43.3 Å². The summed E-state index contributed by atoms with van der Waals surface area (Å²) in [4.78, 5) is 0. The van der Waals surface area contributed by atoms with Crippen LogP contribution in [0.3, 0.4) is 0 Å². The maximum atomic E-state index is 3.82. The molecule has 0 radical (unpaired) electrons. The van der Waals surface area contributed by atoms with Crippen molar-refractivity contribution in [3.63, 3.8) is 0 Å². The van der Waals surface area contributed by atoms with E-state index in [0.717, 1.165) is 11.7 Å². The number of aryl methyl sites for hydroxylation is 1. The highest BCUT2D eigenvalue weighted by atomic mass is 32.2. The average molecular weight is 220 g/mol. The smallest absolute Gasteiger partial charge is 0.00845 e. The molecule has 1 aromatic carbocycles. The van der Waals surface area contributed by atoms with Crippen LogP contribution in [-0.2, 0) is 6.42 Å². The van der Waals surface area contributed by atoms with Crippen LogP contribution in [0.4, 0.5) is 0 Å². The molecule has 0 aliphatic carbocycles. The monoisotopic (exact) mass is 220 g/mol. The Balaban J connectivity index is 2.36. The van der Waals surface area contributed by atoms with E-state index in [0.29, 0.717) is 0 Å². The van der Waals surface area contributed by atoms with E-state index in [1.54, 1.807) is 0 Å². The minimum atomic E-state index is 0.743. The summed E-state index contributed by atoms with van der Waals surface area (Å²) in [5, 5.41) is 0.743. The second kappa shape index (κ2) is 7.58. The molecule has 0 heterocycles. The first-order valence-electron chi connectivity index (χ1n) is 5.63. The first-order chi connectivity index (χ1) is 7.36. The molecule has 1 aromatic rings. The summed E-state index contributed by atoms with van der Waals surface area (Å²) in [6, 6.07) is 10.7. The molecule has 0 amide bonds. The molecule has 0 nitrogen and oxygen atoms in total. The van der Waals surface area contributed by atoms with E-state index in [9.17, 15) is 0 Å². The molecule has 82 valence electrons. The Bertz CT molecular complexity index is 266. The highest BCUT2D eigenvalue weighted by molar-refractivity contribution is 7.99. The van der Waals surface area contributed by atoms with Gasteiger partial charge >= 0.3 is 0 Å². The Morgan fingerprint density at radius 1 is 1.33 bits per heavy atom. The van der Waals surface area contributed by atoms with Crippen molar-refractivity contribution in [1.82, 2.24) is 0 Å². The number of hydrogen-bond donors (Lipinski definition) is 0. The molecule has 0 spiro atoms. The van der Waals surface area contributed by atoms with Gasteiger partial charge in [-0.05, 0) is 30.6 Å². The van der Waals surface area contributed by atoms with Gasteiger partial charge in [-0.15, -0.1) is 6.58 Å². The van der Waals surface area contributed by atoms with Crippen molar-refractivity contribution in [2.75, 3.05) is 5.75 Å². The van der Waals surface area contributed by atoms with Crippen LogP contribution < -0.4 is 0 Å². The summed E-state index contributed by atoms with van der Waals surface area (Å²) in [5.74, 6) is 1.20.